The van der Waals surface area contributed by atoms with Crippen LogP contribution in [-0.4, -0.2) is 55.1 Å². The number of ether oxygens (including phenoxy) is 1. The van der Waals surface area contributed by atoms with Crippen LogP contribution in [0.3, 0.4) is 0 Å². The number of thioether (sulfide) groups is 1. The summed E-state index contributed by atoms with van der Waals surface area (Å²) in [6, 6.07) is 17.8. The molecular formula is C24H32N2O2S. The lowest BCUT2D eigenvalue weighted by Crippen LogP contribution is -2.38. The number of likely N-dealkylation sites (tertiary alicyclic amines) is 1. The molecule has 0 spiro atoms. The third-order valence-electron chi connectivity index (χ3n) is 5.30. The van der Waals surface area contributed by atoms with Crippen molar-refractivity contribution in [2.24, 2.45) is 0 Å². The Morgan fingerprint density at radius 1 is 1.14 bits per heavy atom. The molecule has 5 heteroatoms. The second-order valence-corrected chi connectivity index (χ2v) is 8.51. The van der Waals surface area contributed by atoms with Crippen molar-refractivity contribution in [2.45, 2.75) is 31.8 Å². The maximum Gasteiger partial charge on any atom is 0.251 e. The molecule has 1 aliphatic heterocycles. The second kappa shape index (κ2) is 11.9. The van der Waals surface area contributed by atoms with Crippen LogP contribution in [0.1, 0.15) is 35.2 Å². The van der Waals surface area contributed by atoms with Crippen LogP contribution in [0.5, 0.6) is 5.75 Å². The van der Waals surface area contributed by atoms with Crippen LogP contribution in [0.4, 0.5) is 0 Å². The molecule has 29 heavy (non-hydrogen) atoms. The van der Waals surface area contributed by atoms with Gasteiger partial charge in [-0.15, -0.1) is 0 Å². The number of carbonyl (C=O) groups excluding carboxylic acids is 1. The molecule has 2 aromatic rings. The molecule has 1 saturated heterocycles. The Kier molecular flexibility index (Phi) is 8.90. The zero-order valence-electron chi connectivity index (χ0n) is 17.3. The number of amides is 1. The van der Waals surface area contributed by atoms with Crippen molar-refractivity contribution < 1.29 is 9.53 Å². The molecule has 4 nitrogen and oxygen atoms in total. The highest BCUT2D eigenvalue weighted by atomic mass is 32.2. The Morgan fingerprint density at radius 2 is 1.93 bits per heavy atom. The fraction of sp³-hybridized carbons (Fsp3) is 0.458. The third kappa shape index (κ3) is 7.41. The van der Waals surface area contributed by atoms with Gasteiger partial charge in [-0.1, -0.05) is 36.4 Å². The van der Waals surface area contributed by atoms with E-state index in [1.165, 1.54) is 24.3 Å². The van der Waals surface area contributed by atoms with Gasteiger partial charge >= 0.3 is 0 Å². The molecule has 0 unspecified atom stereocenters. The summed E-state index contributed by atoms with van der Waals surface area (Å²) in [6.07, 6.45) is 6.59. The Morgan fingerprint density at radius 3 is 2.69 bits per heavy atom. The smallest absolute Gasteiger partial charge is 0.251 e. The minimum absolute atomic E-state index is 0.0463. The van der Waals surface area contributed by atoms with Gasteiger partial charge in [0.25, 0.3) is 5.91 Å². The largest absolute Gasteiger partial charge is 0.490 e. The fourth-order valence-corrected chi connectivity index (χ4v) is 4.07. The van der Waals surface area contributed by atoms with Crippen molar-refractivity contribution in [1.82, 2.24) is 10.2 Å². The maximum absolute atomic E-state index is 12.5. The van der Waals surface area contributed by atoms with Gasteiger partial charge in [0.15, 0.2) is 0 Å². The van der Waals surface area contributed by atoms with Crippen LogP contribution in [0.2, 0.25) is 0 Å². The Hall–Kier alpha value is -1.98. The highest BCUT2D eigenvalue weighted by Crippen LogP contribution is 2.20. The third-order valence-corrected chi connectivity index (χ3v) is 6.00. The van der Waals surface area contributed by atoms with Gasteiger partial charge in [-0.05, 0) is 68.0 Å². The highest BCUT2D eigenvalue weighted by Gasteiger charge is 2.20. The van der Waals surface area contributed by atoms with E-state index in [1.807, 2.05) is 54.2 Å². The summed E-state index contributed by atoms with van der Waals surface area (Å²) in [6.45, 7) is 4.01. The number of hydrogen-bond donors (Lipinski definition) is 1. The Bertz CT molecular complexity index is 746. The van der Waals surface area contributed by atoms with Crippen LogP contribution in [0.25, 0.3) is 0 Å². The first kappa shape index (κ1) is 21.7. The number of nitrogens with zero attached hydrogens (tertiary/aromatic N) is 1. The molecule has 3 rings (SSSR count). The molecule has 0 atom stereocenters. The molecule has 156 valence electrons. The molecular weight excluding hydrogens is 380 g/mol. The van der Waals surface area contributed by atoms with Gasteiger partial charge in [0, 0.05) is 25.2 Å². The molecule has 2 aromatic carbocycles. The van der Waals surface area contributed by atoms with Gasteiger partial charge in [-0.2, -0.15) is 11.8 Å². The van der Waals surface area contributed by atoms with Gasteiger partial charge in [0.1, 0.15) is 11.9 Å². The minimum atomic E-state index is -0.0463. The van der Waals surface area contributed by atoms with Crippen molar-refractivity contribution in [2.75, 3.05) is 38.2 Å². The number of carbonyl (C=O) groups is 1. The van der Waals surface area contributed by atoms with Crippen LogP contribution in [0, 0.1) is 0 Å². The zero-order chi connectivity index (χ0) is 20.3. The SMILES string of the molecule is CSCCCN1CCC(Oc2cccc(C(=O)NCCc3ccccc3)c2)CC1. The van der Waals surface area contributed by atoms with Gasteiger partial charge in [0.2, 0.25) is 0 Å². The second-order valence-electron chi connectivity index (χ2n) is 7.52. The van der Waals surface area contributed by atoms with E-state index in [0.717, 1.165) is 38.1 Å². The first-order chi connectivity index (χ1) is 14.2. The average Bonchev–Trinajstić information content (AvgIpc) is 2.76. The van der Waals surface area contributed by atoms with Gasteiger partial charge in [-0.25, -0.2) is 0 Å². The standard InChI is InChI=1S/C24H32N2O2S/c1-29-18-6-15-26-16-12-22(13-17-26)28-23-10-5-9-21(19-23)24(27)25-14-11-20-7-3-2-4-8-20/h2-5,7-10,19,22H,6,11-18H2,1H3,(H,25,27). The quantitative estimate of drug-likeness (QED) is 0.592. The van der Waals surface area contributed by atoms with E-state index < -0.39 is 0 Å². The van der Waals surface area contributed by atoms with Crippen LogP contribution >= 0.6 is 11.8 Å². The van der Waals surface area contributed by atoms with Crippen LogP contribution < -0.4 is 10.1 Å². The number of nitrogens with one attached hydrogen (secondary N) is 1. The van der Waals surface area contributed by atoms with E-state index in [1.54, 1.807) is 0 Å². The number of piperidine rings is 1. The van der Waals surface area contributed by atoms with Gasteiger partial charge < -0.3 is 15.0 Å². The van der Waals surface area contributed by atoms with E-state index in [-0.39, 0.29) is 12.0 Å². The molecule has 1 amide bonds. The van der Waals surface area contributed by atoms with E-state index in [4.69, 9.17) is 4.74 Å². The first-order valence-electron chi connectivity index (χ1n) is 10.5. The lowest BCUT2D eigenvalue weighted by atomic mass is 10.1. The monoisotopic (exact) mass is 412 g/mol. The fourth-order valence-electron chi connectivity index (χ4n) is 3.65. The molecule has 1 fully saturated rings. The summed E-state index contributed by atoms with van der Waals surface area (Å²) >= 11 is 1.92. The number of rotatable bonds is 10. The molecule has 0 aromatic heterocycles. The van der Waals surface area contributed by atoms with E-state index in [0.29, 0.717) is 12.1 Å². The molecule has 1 heterocycles. The summed E-state index contributed by atoms with van der Waals surface area (Å²) in [5.74, 6) is 1.98. The summed E-state index contributed by atoms with van der Waals surface area (Å²) in [5, 5.41) is 3.01. The maximum atomic E-state index is 12.5. The predicted octanol–water partition coefficient (Wildman–Crippen LogP) is 4.26. The van der Waals surface area contributed by atoms with Crippen molar-refractivity contribution in [3.8, 4) is 5.75 Å². The molecule has 1 aliphatic rings. The summed E-state index contributed by atoms with van der Waals surface area (Å²) in [5.41, 5.74) is 1.88. The highest BCUT2D eigenvalue weighted by molar-refractivity contribution is 7.98. The number of benzene rings is 2. The first-order valence-corrected chi connectivity index (χ1v) is 11.9. The Balaban J connectivity index is 1.43. The van der Waals surface area contributed by atoms with Gasteiger partial charge in [0.05, 0.1) is 0 Å². The normalized spacial score (nSPS) is 15.2. The van der Waals surface area contributed by atoms with Crippen LogP contribution in [0.15, 0.2) is 54.6 Å². The molecule has 0 saturated carbocycles. The molecule has 1 N–H and O–H groups in total. The molecule has 0 radical (unpaired) electrons. The summed E-state index contributed by atoms with van der Waals surface area (Å²) in [4.78, 5) is 15.0. The Labute approximate surface area is 179 Å². The van der Waals surface area contributed by atoms with Gasteiger partial charge in [-0.3, -0.25) is 4.79 Å². The molecule has 0 aliphatic carbocycles. The topological polar surface area (TPSA) is 41.6 Å². The lowest BCUT2D eigenvalue weighted by Gasteiger charge is -2.32. The van der Waals surface area contributed by atoms with E-state index >= 15 is 0 Å². The van der Waals surface area contributed by atoms with Crippen molar-refractivity contribution in [3.05, 3.63) is 65.7 Å². The molecule has 0 bridgehead atoms. The minimum Gasteiger partial charge on any atom is -0.490 e. The lowest BCUT2D eigenvalue weighted by molar-refractivity contribution is 0.0945. The van der Waals surface area contributed by atoms with E-state index in [2.05, 4.69) is 28.6 Å². The summed E-state index contributed by atoms with van der Waals surface area (Å²) in [7, 11) is 0. The zero-order valence-corrected chi connectivity index (χ0v) is 18.1. The van der Waals surface area contributed by atoms with E-state index in [9.17, 15) is 4.79 Å². The van der Waals surface area contributed by atoms with Crippen molar-refractivity contribution in [1.29, 1.82) is 0 Å². The summed E-state index contributed by atoms with van der Waals surface area (Å²) < 4.78 is 6.18. The van der Waals surface area contributed by atoms with Crippen molar-refractivity contribution in [3.63, 3.8) is 0 Å². The van der Waals surface area contributed by atoms with Crippen LogP contribution in [-0.2, 0) is 6.42 Å². The number of hydrogen-bond acceptors (Lipinski definition) is 4. The van der Waals surface area contributed by atoms with Crippen molar-refractivity contribution >= 4 is 17.7 Å². The average molecular weight is 413 g/mol. The predicted molar refractivity (Wildman–Crippen MR) is 122 cm³/mol.